The zero-order valence-electron chi connectivity index (χ0n) is 14.2. The van der Waals surface area contributed by atoms with E-state index >= 15 is 0 Å². The molecule has 1 aromatic carbocycles. The van der Waals surface area contributed by atoms with E-state index in [1.54, 1.807) is 25.4 Å². The molecule has 130 valence electrons. The van der Waals surface area contributed by atoms with Gasteiger partial charge >= 0.3 is 0 Å². The first-order valence-corrected chi connectivity index (χ1v) is 10.2. The van der Waals surface area contributed by atoms with E-state index in [2.05, 4.69) is 26.6 Å². The molecular formula is C17H24N4O2S. The average Bonchev–Trinajstić information content (AvgIpc) is 3.10. The van der Waals surface area contributed by atoms with E-state index in [0.29, 0.717) is 4.90 Å². The van der Waals surface area contributed by atoms with Crippen LogP contribution >= 0.6 is 0 Å². The molecule has 0 bridgehead atoms. The second-order valence-corrected chi connectivity index (χ2v) is 8.38. The van der Waals surface area contributed by atoms with E-state index in [0.717, 1.165) is 44.0 Å². The number of rotatable bonds is 5. The van der Waals surface area contributed by atoms with Gasteiger partial charge in [-0.1, -0.05) is 19.1 Å². The van der Waals surface area contributed by atoms with Gasteiger partial charge in [-0.05, 0) is 31.9 Å². The highest BCUT2D eigenvalue weighted by Gasteiger charge is 2.28. The fourth-order valence-corrected chi connectivity index (χ4v) is 4.48. The molecule has 3 rings (SSSR count). The van der Waals surface area contributed by atoms with Crippen LogP contribution in [-0.4, -0.2) is 42.0 Å². The van der Waals surface area contributed by atoms with Gasteiger partial charge < -0.3 is 9.47 Å². The number of nitrogens with zero attached hydrogens (tertiary/aromatic N) is 4. The Labute approximate surface area is 143 Å². The zero-order valence-corrected chi connectivity index (χ0v) is 15.0. The summed E-state index contributed by atoms with van der Waals surface area (Å²) in [5.74, 6) is 1.39. The maximum absolute atomic E-state index is 12.4. The predicted molar refractivity (Wildman–Crippen MR) is 94.1 cm³/mol. The zero-order chi connectivity index (χ0) is 17.2. The van der Waals surface area contributed by atoms with E-state index < -0.39 is 9.84 Å². The van der Waals surface area contributed by atoms with Crippen molar-refractivity contribution < 1.29 is 8.42 Å². The number of hydrogen-bond acceptors (Lipinski definition) is 5. The van der Waals surface area contributed by atoms with Crippen molar-refractivity contribution >= 4 is 15.5 Å². The summed E-state index contributed by atoms with van der Waals surface area (Å²) in [4.78, 5) is 2.62. The minimum absolute atomic E-state index is 0.117. The van der Waals surface area contributed by atoms with E-state index in [1.807, 2.05) is 12.1 Å². The van der Waals surface area contributed by atoms with Gasteiger partial charge in [0, 0.05) is 25.6 Å². The van der Waals surface area contributed by atoms with Crippen LogP contribution in [0.4, 0.5) is 5.69 Å². The Morgan fingerprint density at radius 1 is 1.25 bits per heavy atom. The number of para-hydroxylation sites is 1. The van der Waals surface area contributed by atoms with Gasteiger partial charge in [0.15, 0.2) is 9.84 Å². The first kappa shape index (κ1) is 17.0. The Bertz CT molecular complexity index is 800. The van der Waals surface area contributed by atoms with Crippen LogP contribution in [0, 0.1) is 0 Å². The van der Waals surface area contributed by atoms with Crippen LogP contribution in [0.1, 0.15) is 38.4 Å². The molecule has 0 spiro atoms. The predicted octanol–water partition coefficient (Wildman–Crippen LogP) is 2.48. The summed E-state index contributed by atoms with van der Waals surface area (Å²) in [7, 11) is -3.24. The molecule has 2 heterocycles. The minimum Gasteiger partial charge on any atom is -0.370 e. The quantitative estimate of drug-likeness (QED) is 0.830. The van der Waals surface area contributed by atoms with Crippen molar-refractivity contribution in [2.45, 2.75) is 44.0 Å². The molecule has 0 saturated carbocycles. The Kier molecular flexibility index (Phi) is 4.89. The molecule has 1 aliphatic rings. The second-order valence-electron chi connectivity index (χ2n) is 6.13. The van der Waals surface area contributed by atoms with Crippen LogP contribution in [0.15, 0.2) is 35.5 Å². The Balaban J connectivity index is 1.91. The lowest BCUT2D eigenvalue weighted by Gasteiger charge is -2.35. The second kappa shape index (κ2) is 6.93. The molecule has 0 aliphatic carbocycles. The lowest BCUT2D eigenvalue weighted by Crippen LogP contribution is -2.36. The van der Waals surface area contributed by atoms with Crippen LogP contribution in [0.25, 0.3) is 0 Å². The van der Waals surface area contributed by atoms with Gasteiger partial charge in [-0.15, -0.1) is 10.2 Å². The topological polar surface area (TPSA) is 68.1 Å². The maximum atomic E-state index is 12.4. The molecule has 0 radical (unpaired) electrons. The molecule has 24 heavy (non-hydrogen) atoms. The van der Waals surface area contributed by atoms with E-state index in [4.69, 9.17) is 0 Å². The number of hydrogen-bond donors (Lipinski definition) is 0. The molecule has 1 fully saturated rings. The van der Waals surface area contributed by atoms with Crippen molar-refractivity contribution in [1.29, 1.82) is 0 Å². The molecule has 1 aliphatic heterocycles. The molecule has 0 amide bonds. The summed E-state index contributed by atoms with van der Waals surface area (Å²) < 4.78 is 26.9. The third kappa shape index (κ3) is 3.17. The normalized spacial score (nSPS) is 18.8. The first-order chi connectivity index (χ1) is 11.6. The molecule has 1 saturated heterocycles. The van der Waals surface area contributed by atoms with Gasteiger partial charge in [0.2, 0.25) is 0 Å². The molecule has 6 nitrogen and oxygen atoms in total. The SMILES string of the molecule is CCn1cnnc1C1CCCN(c2ccccc2S(=O)(=O)CC)C1. The highest BCUT2D eigenvalue weighted by atomic mass is 32.2. The molecular weight excluding hydrogens is 324 g/mol. The van der Waals surface area contributed by atoms with E-state index in [-0.39, 0.29) is 11.7 Å². The highest BCUT2D eigenvalue weighted by molar-refractivity contribution is 7.91. The number of benzene rings is 1. The molecule has 1 aromatic heterocycles. The smallest absolute Gasteiger partial charge is 0.180 e. The summed E-state index contributed by atoms with van der Waals surface area (Å²) in [5.41, 5.74) is 0.812. The van der Waals surface area contributed by atoms with Gasteiger partial charge in [0.05, 0.1) is 16.3 Å². The van der Waals surface area contributed by atoms with Gasteiger partial charge in [0.25, 0.3) is 0 Å². The third-order valence-electron chi connectivity index (χ3n) is 4.69. The lowest BCUT2D eigenvalue weighted by molar-refractivity contribution is 0.471. The van der Waals surface area contributed by atoms with Crippen molar-refractivity contribution in [1.82, 2.24) is 14.8 Å². The Morgan fingerprint density at radius 3 is 2.79 bits per heavy atom. The van der Waals surface area contributed by atoms with Crippen molar-refractivity contribution in [2.75, 3.05) is 23.7 Å². The molecule has 2 aromatic rings. The molecule has 1 unspecified atom stereocenters. The number of sulfone groups is 1. The Hall–Kier alpha value is -1.89. The average molecular weight is 348 g/mol. The van der Waals surface area contributed by atoms with Crippen LogP contribution < -0.4 is 4.90 Å². The van der Waals surface area contributed by atoms with Crippen molar-refractivity contribution in [3.63, 3.8) is 0 Å². The fourth-order valence-electron chi connectivity index (χ4n) is 3.37. The van der Waals surface area contributed by atoms with Crippen LogP contribution in [0.3, 0.4) is 0 Å². The largest absolute Gasteiger partial charge is 0.370 e. The summed E-state index contributed by atoms with van der Waals surface area (Å²) in [6.07, 6.45) is 3.84. The summed E-state index contributed by atoms with van der Waals surface area (Å²) >= 11 is 0. The minimum atomic E-state index is -3.24. The lowest BCUT2D eigenvalue weighted by atomic mass is 9.96. The molecule has 0 N–H and O–H groups in total. The summed E-state index contributed by atoms with van der Waals surface area (Å²) in [5, 5.41) is 8.33. The van der Waals surface area contributed by atoms with Gasteiger partial charge in [-0.2, -0.15) is 0 Å². The molecule has 7 heteroatoms. The van der Waals surface area contributed by atoms with Gasteiger partial charge in [-0.3, -0.25) is 0 Å². The Morgan fingerprint density at radius 2 is 2.04 bits per heavy atom. The monoisotopic (exact) mass is 348 g/mol. The fraction of sp³-hybridized carbons (Fsp3) is 0.529. The third-order valence-corrected chi connectivity index (χ3v) is 6.47. The van der Waals surface area contributed by atoms with E-state index in [1.165, 1.54) is 0 Å². The van der Waals surface area contributed by atoms with Crippen LogP contribution in [0.2, 0.25) is 0 Å². The van der Waals surface area contributed by atoms with Gasteiger partial charge in [-0.25, -0.2) is 8.42 Å². The number of anilines is 1. The number of aryl methyl sites for hydroxylation is 1. The van der Waals surface area contributed by atoms with Crippen LogP contribution in [-0.2, 0) is 16.4 Å². The van der Waals surface area contributed by atoms with Crippen molar-refractivity contribution in [2.24, 2.45) is 0 Å². The van der Waals surface area contributed by atoms with Crippen molar-refractivity contribution in [3.05, 3.63) is 36.4 Å². The first-order valence-electron chi connectivity index (χ1n) is 8.51. The van der Waals surface area contributed by atoms with Gasteiger partial charge in [0.1, 0.15) is 12.2 Å². The standard InChI is InChI=1S/C17H24N4O2S/c1-3-20-13-18-19-17(20)14-8-7-11-21(12-14)15-9-5-6-10-16(15)24(22,23)4-2/h5-6,9-10,13-14H,3-4,7-8,11-12H2,1-2H3. The molecule has 1 atom stereocenters. The maximum Gasteiger partial charge on any atom is 0.180 e. The van der Waals surface area contributed by atoms with Crippen LogP contribution in [0.5, 0.6) is 0 Å². The van der Waals surface area contributed by atoms with Crippen molar-refractivity contribution in [3.8, 4) is 0 Å². The highest BCUT2D eigenvalue weighted by Crippen LogP contribution is 2.32. The number of aromatic nitrogens is 3. The summed E-state index contributed by atoms with van der Waals surface area (Å²) in [6, 6.07) is 7.32. The number of piperidine rings is 1. The summed E-state index contributed by atoms with van der Waals surface area (Å²) in [6.45, 7) is 6.26. The van der Waals surface area contributed by atoms with E-state index in [9.17, 15) is 8.42 Å².